The van der Waals surface area contributed by atoms with Gasteiger partial charge >= 0.3 is 0 Å². The number of nitrogens with one attached hydrogen (secondary N) is 5. The lowest BCUT2D eigenvalue weighted by molar-refractivity contribution is -0.127. The lowest BCUT2D eigenvalue weighted by Crippen LogP contribution is -2.40. The third-order valence-corrected chi connectivity index (χ3v) is 7.21. The van der Waals surface area contributed by atoms with E-state index in [1.807, 2.05) is 0 Å². The smallest absolute Gasteiger partial charge is 0.252 e. The largest absolute Gasteiger partial charge is 0.340 e. The summed E-state index contributed by atoms with van der Waals surface area (Å²) in [6.07, 6.45) is 2.99. The summed E-state index contributed by atoms with van der Waals surface area (Å²) >= 11 is 0. The summed E-state index contributed by atoms with van der Waals surface area (Å²) in [5, 5.41) is 12.3. The van der Waals surface area contributed by atoms with E-state index in [0.717, 1.165) is 12.8 Å². The van der Waals surface area contributed by atoms with Crippen LogP contribution in [0.1, 0.15) is 78.5 Å². The van der Waals surface area contributed by atoms with Gasteiger partial charge in [-0.3, -0.25) is 49.0 Å². The molecule has 4 rings (SSSR count). The van der Waals surface area contributed by atoms with Gasteiger partial charge in [0.05, 0.1) is 12.3 Å². The molecule has 2 aromatic carbocycles. The molecule has 46 heavy (non-hydrogen) atoms. The Balaban J connectivity index is 0.00000368. The van der Waals surface area contributed by atoms with Gasteiger partial charge in [0.25, 0.3) is 5.91 Å². The second kappa shape index (κ2) is 17.8. The molecule has 0 aromatic heterocycles. The van der Waals surface area contributed by atoms with Gasteiger partial charge in [-0.25, -0.2) is 0 Å². The highest BCUT2D eigenvalue weighted by atomic mass is 32.1. The average Bonchev–Trinajstić information content (AvgIpc) is 3.47. The number of ketones is 1. The maximum Gasteiger partial charge on any atom is 0.252 e. The Morgan fingerprint density at radius 2 is 1.20 bits per heavy atom. The molecule has 2 aliphatic rings. The Kier molecular flexibility index (Phi) is 14.6. The summed E-state index contributed by atoms with van der Waals surface area (Å²) in [4.78, 5) is 95.8. The van der Waals surface area contributed by atoms with Crippen molar-refractivity contribution in [2.24, 2.45) is 5.92 Å². The van der Waals surface area contributed by atoms with Gasteiger partial charge in [-0.05, 0) is 43.2 Å². The van der Waals surface area contributed by atoms with Gasteiger partial charge in [-0.2, -0.15) is 27.0 Å². The van der Waals surface area contributed by atoms with Crippen LogP contribution in [0.3, 0.4) is 0 Å². The minimum Gasteiger partial charge on any atom is -0.340 e. The van der Waals surface area contributed by atoms with Crippen LogP contribution >= 0.6 is 27.0 Å². The molecule has 7 amide bonds. The summed E-state index contributed by atoms with van der Waals surface area (Å²) in [5.41, 5.74) is 1.47. The number of anilines is 2. The zero-order chi connectivity index (χ0) is 31.6. The number of imide groups is 2. The number of unbranched alkanes of at least 4 members (excludes halogenated alkanes) is 3. The highest BCUT2D eigenvalue weighted by Gasteiger charge is 2.33. The van der Waals surface area contributed by atoms with Crippen molar-refractivity contribution in [1.29, 1.82) is 0 Å². The van der Waals surface area contributed by atoms with Crippen LogP contribution in [0.15, 0.2) is 48.5 Å². The molecule has 0 spiro atoms. The standard InChI is InChI=1S/C31H33N5O8.2H2S/c37-24(15-20-16-27(40)35-30(20)43)18-7-5-9-21(13-18)32-25(38)11-3-1-2-4-12-26(39)33-22-10-6-8-19(14-22)29(42)34-23-17-28(41)36-31(23)44;;/h5-10,13-14,20,23H,1-4,11-12,15-17H2,(H,32,38)(H,33,39)(H,34,42)(H,35,40,43)(H,36,41,44);2*1H2/t20-,23-;;/m0../s1. The Hall–Kier alpha value is -4.50. The summed E-state index contributed by atoms with van der Waals surface area (Å²) in [7, 11) is 0. The lowest BCUT2D eigenvalue weighted by atomic mass is 9.96. The molecule has 15 heteroatoms. The molecule has 13 nitrogen and oxygen atoms in total. The fourth-order valence-electron chi connectivity index (χ4n) is 4.91. The highest BCUT2D eigenvalue weighted by molar-refractivity contribution is 7.59. The molecule has 0 aliphatic carbocycles. The summed E-state index contributed by atoms with van der Waals surface area (Å²) in [6, 6.07) is 11.8. The van der Waals surface area contributed by atoms with Crippen LogP contribution in [0.25, 0.3) is 0 Å². The highest BCUT2D eigenvalue weighted by Crippen LogP contribution is 2.20. The first-order valence-electron chi connectivity index (χ1n) is 14.4. The molecular formula is C31H37N5O8S2. The minimum atomic E-state index is -0.922. The molecule has 0 radical (unpaired) electrons. The Labute approximate surface area is 279 Å². The molecule has 0 bridgehead atoms. The van der Waals surface area contributed by atoms with Crippen LogP contribution in [-0.2, 0) is 28.8 Å². The van der Waals surface area contributed by atoms with Crippen LogP contribution in [0.5, 0.6) is 0 Å². The molecule has 2 saturated heterocycles. The fraction of sp³-hybridized carbons (Fsp3) is 0.355. The van der Waals surface area contributed by atoms with Gasteiger partial charge in [0.2, 0.25) is 35.4 Å². The molecule has 5 N–H and O–H groups in total. The monoisotopic (exact) mass is 671 g/mol. The maximum atomic E-state index is 12.6. The third kappa shape index (κ3) is 11.1. The van der Waals surface area contributed by atoms with Crippen molar-refractivity contribution in [3.63, 3.8) is 0 Å². The van der Waals surface area contributed by atoms with E-state index in [0.29, 0.717) is 29.8 Å². The van der Waals surface area contributed by atoms with E-state index in [-0.39, 0.29) is 88.2 Å². The van der Waals surface area contributed by atoms with Crippen molar-refractivity contribution < 1.29 is 38.4 Å². The third-order valence-electron chi connectivity index (χ3n) is 7.21. The summed E-state index contributed by atoms with van der Waals surface area (Å²) in [6.45, 7) is 0. The van der Waals surface area contributed by atoms with E-state index < -0.39 is 35.6 Å². The Bertz CT molecular complexity index is 1400. The summed E-state index contributed by atoms with van der Waals surface area (Å²) < 4.78 is 0. The van der Waals surface area contributed by atoms with Gasteiger partial charge in [0, 0.05) is 48.2 Å². The topological polar surface area (TPSA) is 197 Å². The minimum absolute atomic E-state index is 0. The number of carbonyl (C=O) groups excluding carboxylic acids is 8. The fourth-order valence-corrected chi connectivity index (χ4v) is 4.91. The molecule has 0 unspecified atom stereocenters. The molecule has 2 atom stereocenters. The van der Waals surface area contributed by atoms with Gasteiger partial charge in [-0.1, -0.05) is 31.0 Å². The van der Waals surface area contributed by atoms with E-state index in [1.54, 1.807) is 36.4 Å². The normalized spacial score (nSPS) is 16.8. The molecule has 2 aliphatic heterocycles. The summed E-state index contributed by atoms with van der Waals surface area (Å²) in [5.74, 6) is -3.77. The van der Waals surface area contributed by atoms with Gasteiger partial charge in [0.1, 0.15) is 6.04 Å². The average molecular weight is 672 g/mol. The van der Waals surface area contributed by atoms with E-state index in [2.05, 4.69) is 26.6 Å². The number of carbonyl (C=O) groups is 8. The van der Waals surface area contributed by atoms with Crippen LogP contribution in [0.2, 0.25) is 0 Å². The number of Topliss-reactive ketones (excluding diaryl/α,β-unsaturated/α-hetero) is 1. The number of hydrogen-bond acceptors (Lipinski definition) is 8. The zero-order valence-electron chi connectivity index (χ0n) is 24.9. The molecule has 2 fully saturated rings. The van der Waals surface area contributed by atoms with Crippen molar-refractivity contribution in [3.8, 4) is 0 Å². The van der Waals surface area contributed by atoms with E-state index >= 15 is 0 Å². The number of rotatable bonds is 14. The second-order valence-electron chi connectivity index (χ2n) is 10.8. The van der Waals surface area contributed by atoms with E-state index in [9.17, 15) is 38.4 Å². The lowest BCUT2D eigenvalue weighted by Gasteiger charge is -2.11. The van der Waals surface area contributed by atoms with Gasteiger partial charge in [-0.15, -0.1) is 0 Å². The van der Waals surface area contributed by atoms with Crippen LogP contribution in [-0.4, -0.2) is 53.2 Å². The number of amides is 7. The molecule has 246 valence electrons. The predicted molar refractivity (Wildman–Crippen MR) is 178 cm³/mol. The first kappa shape index (κ1) is 37.7. The molecule has 2 aromatic rings. The van der Waals surface area contributed by atoms with Crippen molar-refractivity contribution in [2.75, 3.05) is 10.6 Å². The van der Waals surface area contributed by atoms with Crippen molar-refractivity contribution in [3.05, 3.63) is 59.7 Å². The first-order valence-corrected chi connectivity index (χ1v) is 14.4. The second-order valence-corrected chi connectivity index (χ2v) is 10.8. The Morgan fingerprint density at radius 1 is 0.674 bits per heavy atom. The molecular weight excluding hydrogens is 635 g/mol. The van der Waals surface area contributed by atoms with E-state index in [4.69, 9.17) is 0 Å². The first-order chi connectivity index (χ1) is 21.1. The van der Waals surface area contributed by atoms with Gasteiger partial charge < -0.3 is 16.0 Å². The number of benzene rings is 2. The predicted octanol–water partition coefficient (Wildman–Crippen LogP) is 2.21. The molecule has 2 heterocycles. The maximum absolute atomic E-state index is 12.6. The quantitative estimate of drug-likeness (QED) is 0.114. The van der Waals surface area contributed by atoms with Crippen LogP contribution < -0.4 is 26.6 Å². The van der Waals surface area contributed by atoms with E-state index in [1.165, 1.54) is 12.1 Å². The zero-order valence-corrected chi connectivity index (χ0v) is 26.9. The van der Waals surface area contributed by atoms with Crippen LogP contribution in [0, 0.1) is 5.92 Å². The SMILES string of the molecule is O=C1C[C@H](CC(=O)c2cccc(NC(=O)CCCCCCC(=O)Nc3cccc(C(=O)N[C@H]4CC(=O)NC4=O)c3)c2)C(=O)N1.S.S. The van der Waals surface area contributed by atoms with Crippen LogP contribution in [0.4, 0.5) is 11.4 Å². The van der Waals surface area contributed by atoms with Crippen molar-refractivity contribution >= 4 is 85.5 Å². The molecule has 0 saturated carbocycles. The van der Waals surface area contributed by atoms with Crippen molar-refractivity contribution in [2.45, 2.75) is 63.8 Å². The van der Waals surface area contributed by atoms with Gasteiger partial charge in [0.15, 0.2) is 5.78 Å². The number of hydrogen-bond donors (Lipinski definition) is 5. The Morgan fingerprint density at radius 3 is 1.72 bits per heavy atom. The van der Waals surface area contributed by atoms with Crippen molar-refractivity contribution in [1.82, 2.24) is 16.0 Å².